The van der Waals surface area contributed by atoms with Gasteiger partial charge in [0, 0.05) is 13.6 Å². The van der Waals surface area contributed by atoms with Crippen molar-refractivity contribution in [2.24, 2.45) is 4.99 Å². The van der Waals surface area contributed by atoms with Gasteiger partial charge in [0.05, 0.1) is 13.1 Å². The van der Waals surface area contributed by atoms with E-state index in [9.17, 15) is 4.39 Å². The van der Waals surface area contributed by atoms with Gasteiger partial charge in [0.15, 0.2) is 5.96 Å². The summed E-state index contributed by atoms with van der Waals surface area (Å²) in [4.78, 5) is 6.23. The highest BCUT2D eigenvalue weighted by molar-refractivity contribution is 14.0. The summed E-state index contributed by atoms with van der Waals surface area (Å²) in [5.74, 6) is 0.846. The molecule has 1 aliphatic heterocycles. The van der Waals surface area contributed by atoms with Crippen LogP contribution in [0.5, 0.6) is 0 Å². The van der Waals surface area contributed by atoms with Gasteiger partial charge in [-0.15, -0.1) is 24.0 Å². The van der Waals surface area contributed by atoms with Gasteiger partial charge in [0.25, 0.3) is 0 Å². The zero-order valence-corrected chi connectivity index (χ0v) is 10.0. The molecule has 13 heavy (non-hydrogen) atoms. The summed E-state index contributed by atoms with van der Waals surface area (Å²) in [6.07, 6.45) is 1.41. The van der Waals surface area contributed by atoms with Gasteiger partial charge in [-0.2, -0.15) is 0 Å². The van der Waals surface area contributed by atoms with Crippen LogP contribution in [0.1, 0.15) is 12.8 Å². The van der Waals surface area contributed by atoms with Crippen molar-refractivity contribution in [2.75, 3.05) is 26.7 Å². The number of hydrogen-bond acceptors (Lipinski definition) is 3. The lowest BCUT2D eigenvalue weighted by molar-refractivity contribution is 0.306. The second-order valence-electron chi connectivity index (χ2n) is 3.63. The van der Waals surface area contributed by atoms with E-state index in [0.29, 0.717) is 19.4 Å². The van der Waals surface area contributed by atoms with Crippen molar-refractivity contribution in [3.8, 4) is 0 Å². The Morgan fingerprint density at radius 2 is 2.31 bits per heavy atom. The Morgan fingerprint density at radius 1 is 1.62 bits per heavy atom. The van der Waals surface area contributed by atoms with Crippen LogP contribution in [0.2, 0.25) is 0 Å². The molecule has 2 rings (SSSR count). The molecule has 0 aromatic rings. The van der Waals surface area contributed by atoms with E-state index >= 15 is 0 Å². The van der Waals surface area contributed by atoms with Gasteiger partial charge in [0.2, 0.25) is 0 Å². The zero-order valence-electron chi connectivity index (χ0n) is 7.72. The predicted octanol–water partition coefficient (Wildman–Crippen LogP) is 0.997. The third-order valence-corrected chi connectivity index (χ3v) is 2.41. The summed E-state index contributed by atoms with van der Waals surface area (Å²) in [6.45, 7) is 2.20. The lowest BCUT2D eigenvalue weighted by Crippen LogP contribution is -2.39. The first kappa shape index (κ1) is 11.0. The van der Waals surface area contributed by atoms with Crippen LogP contribution in [0.3, 0.4) is 0 Å². The van der Waals surface area contributed by atoms with Crippen LogP contribution in [-0.4, -0.2) is 43.2 Å². The normalized spacial score (nSPS) is 23.5. The average Bonchev–Trinajstić information content (AvgIpc) is 2.61. The number of alkyl halides is 1. The molecule has 0 atom stereocenters. The minimum absolute atomic E-state index is 0. The number of halogens is 2. The van der Waals surface area contributed by atoms with Crippen molar-refractivity contribution in [1.29, 1.82) is 0 Å². The van der Waals surface area contributed by atoms with E-state index in [1.807, 2.05) is 11.9 Å². The van der Waals surface area contributed by atoms with Gasteiger partial charge in [-0.1, -0.05) is 0 Å². The maximum Gasteiger partial charge on any atom is 0.193 e. The standard InChI is InChI=1S/C8H14FN3.HI/c1-12-5-4-10-7(12)11-6-8(9)2-3-8;/h2-6H2,1H3,(H,10,11);1H. The molecule has 3 nitrogen and oxygen atoms in total. The molecule has 0 unspecified atom stereocenters. The van der Waals surface area contributed by atoms with Crippen molar-refractivity contribution in [3.63, 3.8) is 0 Å². The van der Waals surface area contributed by atoms with E-state index in [-0.39, 0.29) is 24.0 Å². The van der Waals surface area contributed by atoms with Crippen LogP contribution in [0.4, 0.5) is 4.39 Å². The molecule has 1 heterocycles. The second kappa shape index (κ2) is 3.98. The number of guanidine groups is 1. The van der Waals surface area contributed by atoms with Gasteiger partial charge >= 0.3 is 0 Å². The quantitative estimate of drug-likeness (QED) is 0.770. The number of aliphatic imine (C=N–C) groups is 1. The van der Waals surface area contributed by atoms with Crippen molar-refractivity contribution in [2.45, 2.75) is 18.5 Å². The smallest absolute Gasteiger partial charge is 0.193 e. The predicted molar refractivity (Wildman–Crippen MR) is 61.4 cm³/mol. The molecule has 0 radical (unpaired) electrons. The Bertz CT molecular complexity index is 215. The molecule has 76 valence electrons. The molecule has 0 spiro atoms. The van der Waals surface area contributed by atoms with E-state index in [1.54, 1.807) is 0 Å². The zero-order chi connectivity index (χ0) is 8.60. The molecule has 1 saturated carbocycles. The van der Waals surface area contributed by atoms with Crippen molar-refractivity contribution in [1.82, 2.24) is 10.2 Å². The maximum atomic E-state index is 13.1. The molecule has 5 heteroatoms. The fourth-order valence-electron chi connectivity index (χ4n) is 1.27. The van der Waals surface area contributed by atoms with Crippen molar-refractivity contribution >= 4 is 29.9 Å². The van der Waals surface area contributed by atoms with Crippen LogP contribution in [0, 0.1) is 0 Å². The van der Waals surface area contributed by atoms with Crippen LogP contribution in [-0.2, 0) is 0 Å². The summed E-state index contributed by atoms with van der Waals surface area (Å²) < 4.78 is 13.1. The van der Waals surface area contributed by atoms with Gasteiger partial charge in [-0.05, 0) is 12.8 Å². The first-order valence-electron chi connectivity index (χ1n) is 4.38. The third kappa shape index (κ3) is 2.69. The van der Waals surface area contributed by atoms with Crippen LogP contribution < -0.4 is 5.32 Å². The summed E-state index contributed by atoms with van der Waals surface area (Å²) in [5.41, 5.74) is -0.925. The minimum atomic E-state index is -0.925. The molecule has 1 N–H and O–H groups in total. The van der Waals surface area contributed by atoms with Gasteiger partial charge in [-0.3, -0.25) is 4.99 Å². The number of rotatable bonds is 2. The molecule has 0 aromatic carbocycles. The Hall–Kier alpha value is -0.0700. The summed E-state index contributed by atoms with van der Waals surface area (Å²) in [5, 5.41) is 3.03. The molecular formula is C8H15FIN3. The molecule has 0 amide bonds. The maximum absolute atomic E-state index is 13.1. The van der Waals surface area contributed by atoms with Crippen molar-refractivity contribution in [3.05, 3.63) is 0 Å². The van der Waals surface area contributed by atoms with Gasteiger partial charge in [0.1, 0.15) is 5.67 Å². The van der Waals surface area contributed by atoms with E-state index < -0.39 is 5.67 Å². The Labute approximate surface area is 94.8 Å². The molecule has 0 aromatic heterocycles. The van der Waals surface area contributed by atoms with Crippen LogP contribution in [0.25, 0.3) is 0 Å². The molecule has 1 aliphatic carbocycles. The lowest BCUT2D eigenvalue weighted by Gasteiger charge is -2.16. The molecule has 0 bridgehead atoms. The van der Waals surface area contributed by atoms with E-state index in [0.717, 1.165) is 19.0 Å². The number of nitrogens with zero attached hydrogens (tertiary/aromatic N) is 2. The third-order valence-electron chi connectivity index (χ3n) is 2.41. The summed E-state index contributed by atoms with van der Waals surface area (Å²) in [6, 6.07) is 0. The number of nitrogens with one attached hydrogen (secondary N) is 1. The van der Waals surface area contributed by atoms with E-state index in [1.165, 1.54) is 0 Å². The van der Waals surface area contributed by atoms with E-state index in [2.05, 4.69) is 10.3 Å². The minimum Gasteiger partial charge on any atom is -0.353 e. The van der Waals surface area contributed by atoms with E-state index in [4.69, 9.17) is 0 Å². The fourth-order valence-corrected chi connectivity index (χ4v) is 1.27. The fraction of sp³-hybridized carbons (Fsp3) is 0.875. The highest BCUT2D eigenvalue weighted by atomic mass is 127. The molecule has 1 fully saturated rings. The first-order chi connectivity index (χ1) is 5.70. The molecule has 2 aliphatic rings. The van der Waals surface area contributed by atoms with Gasteiger partial charge < -0.3 is 10.2 Å². The Balaban J connectivity index is 0.000000845. The average molecular weight is 299 g/mol. The van der Waals surface area contributed by atoms with Gasteiger partial charge in [-0.25, -0.2) is 4.39 Å². The second-order valence-corrected chi connectivity index (χ2v) is 3.63. The van der Waals surface area contributed by atoms with Crippen LogP contribution in [0.15, 0.2) is 4.99 Å². The first-order valence-corrected chi connectivity index (χ1v) is 4.38. The number of hydrogen-bond donors (Lipinski definition) is 1. The Kier molecular flexibility index (Phi) is 3.37. The monoisotopic (exact) mass is 299 g/mol. The highest BCUT2D eigenvalue weighted by Gasteiger charge is 2.43. The van der Waals surface area contributed by atoms with Crippen LogP contribution >= 0.6 is 24.0 Å². The Morgan fingerprint density at radius 3 is 2.77 bits per heavy atom. The SMILES string of the molecule is CN1CCN=C1NCC1(F)CC1.I. The molecular weight excluding hydrogens is 284 g/mol. The largest absolute Gasteiger partial charge is 0.353 e. The summed E-state index contributed by atoms with van der Waals surface area (Å²) in [7, 11) is 1.97. The summed E-state index contributed by atoms with van der Waals surface area (Å²) >= 11 is 0. The molecule has 0 saturated heterocycles. The van der Waals surface area contributed by atoms with Crippen molar-refractivity contribution < 1.29 is 4.39 Å². The lowest BCUT2D eigenvalue weighted by atomic mass is 10.4. The number of likely N-dealkylation sites (N-methyl/N-ethyl adjacent to an activating group) is 1. The topological polar surface area (TPSA) is 27.6 Å². The highest BCUT2D eigenvalue weighted by Crippen LogP contribution is 2.38.